The monoisotopic (exact) mass is 367 g/mol. The summed E-state index contributed by atoms with van der Waals surface area (Å²) in [4.78, 5) is 12.8. The summed E-state index contributed by atoms with van der Waals surface area (Å²) in [5, 5.41) is 3.03. The first kappa shape index (κ1) is 19.4. The average Bonchev–Trinajstić information content (AvgIpc) is 2.66. The summed E-state index contributed by atoms with van der Waals surface area (Å²) in [6.07, 6.45) is 2.41. The van der Waals surface area contributed by atoms with Crippen LogP contribution in [0.15, 0.2) is 54.6 Å². The molecule has 144 valence electrons. The third kappa shape index (κ3) is 5.33. The minimum Gasteiger partial charge on any atom is -0.497 e. The summed E-state index contributed by atoms with van der Waals surface area (Å²) in [5.74, 6) is 1.43. The second-order valence-corrected chi connectivity index (χ2v) is 7.86. The summed E-state index contributed by atoms with van der Waals surface area (Å²) >= 11 is 0. The Morgan fingerprint density at radius 1 is 1.19 bits per heavy atom. The Morgan fingerprint density at radius 2 is 1.89 bits per heavy atom. The Balaban J connectivity index is 1.73. The van der Waals surface area contributed by atoms with Crippen LogP contribution in [0.3, 0.4) is 0 Å². The number of hydrogen-bond acceptors (Lipinski definition) is 3. The van der Waals surface area contributed by atoms with Crippen molar-refractivity contribution in [3.8, 4) is 5.75 Å². The van der Waals surface area contributed by atoms with E-state index in [1.807, 2.05) is 42.5 Å². The average molecular weight is 367 g/mol. The van der Waals surface area contributed by atoms with Crippen LogP contribution in [-0.2, 0) is 9.53 Å². The Hall–Kier alpha value is -2.33. The van der Waals surface area contributed by atoms with E-state index in [4.69, 9.17) is 9.47 Å². The van der Waals surface area contributed by atoms with E-state index in [9.17, 15) is 4.79 Å². The summed E-state index contributed by atoms with van der Waals surface area (Å²) in [6, 6.07) is 17.8. The van der Waals surface area contributed by atoms with Gasteiger partial charge in [0.25, 0.3) is 0 Å². The maximum absolute atomic E-state index is 12.8. The van der Waals surface area contributed by atoms with E-state index in [1.165, 1.54) is 5.56 Å². The van der Waals surface area contributed by atoms with Crippen molar-refractivity contribution in [1.29, 1.82) is 0 Å². The fourth-order valence-corrected chi connectivity index (χ4v) is 3.97. The third-order valence-corrected chi connectivity index (χ3v) is 5.31. The molecule has 0 aromatic heterocycles. The Labute approximate surface area is 161 Å². The van der Waals surface area contributed by atoms with Crippen LogP contribution in [0, 0.1) is 5.92 Å². The first-order valence-electron chi connectivity index (χ1n) is 9.60. The lowest BCUT2D eigenvalue weighted by Crippen LogP contribution is -2.37. The van der Waals surface area contributed by atoms with E-state index in [0.717, 1.165) is 30.9 Å². The SMILES string of the molecule is COc1ccc(NC(=O)CC(c2ccccc2)C2CCOC(C)(C)C2)cc1. The van der Waals surface area contributed by atoms with Crippen LogP contribution in [0.25, 0.3) is 0 Å². The Morgan fingerprint density at radius 3 is 2.52 bits per heavy atom. The van der Waals surface area contributed by atoms with Crippen molar-refractivity contribution in [2.75, 3.05) is 19.0 Å². The molecule has 2 atom stereocenters. The molecule has 1 fully saturated rings. The van der Waals surface area contributed by atoms with Crippen molar-refractivity contribution in [2.45, 2.75) is 44.6 Å². The number of ether oxygens (including phenoxy) is 2. The fraction of sp³-hybridized carbons (Fsp3) is 0.435. The molecule has 0 spiro atoms. The zero-order valence-electron chi connectivity index (χ0n) is 16.4. The van der Waals surface area contributed by atoms with Gasteiger partial charge >= 0.3 is 0 Å². The molecule has 1 saturated heterocycles. The summed E-state index contributed by atoms with van der Waals surface area (Å²) < 4.78 is 11.1. The lowest BCUT2D eigenvalue weighted by Gasteiger charge is -2.39. The number of hydrogen-bond donors (Lipinski definition) is 1. The van der Waals surface area contributed by atoms with Gasteiger partial charge in [0.05, 0.1) is 12.7 Å². The highest BCUT2D eigenvalue weighted by atomic mass is 16.5. The molecule has 1 aliphatic rings. The van der Waals surface area contributed by atoms with Gasteiger partial charge in [0, 0.05) is 18.7 Å². The summed E-state index contributed by atoms with van der Waals surface area (Å²) in [7, 11) is 1.63. The molecule has 4 nitrogen and oxygen atoms in total. The Bertz CT molecular complexity index is 740. The molecule has 2 unspecified atom stereocenters. The van der Waals surface area contributed by atoms with Crippen LogP contribution in [0.4, 0.5) is 5.69 Å². The normalized spacial score (nSPS) is 19.9. The number of carbonyl (C=O) groups is 1. The van der Waals surface area contributed by atoms with Crippen molar-refractivity contribution < 1.29 is 14.3 Å². The molecular formula is C23H29NO3. The van der Waals surface area contributed by atoms with Gasteiger partial charge in [-0.15, -0.1) is 0 Å². The van der Waals surface area contributed by atoms with Crippen LogP contribution in [0.5, 0.6) is 5.75 Å². The quantitative estimate of drug-likeness (QED) is 0.780. The van der Waals surface area contributed by atoms with Crippen LogP contribution < -0.4 is 10.1 Å². The predicted molar refractivity (Wildman–Crippen MR) is 108 cm³/mol. The molecular weight excluding hydrogens is 338 g/mol. The van der Waals surface area contributed by atoms with Crippen molar-refractivity contribution >= 4 is 11.6 Å². The minimum absolute atomic E-state index is 0.0401. The van der Waals surface area contributed by atoms with Gasteiger partial charge < -0.3 is 14.8 Å². The maximum Gasteiger partial charge on any atom is 0.224 e. The van der Waals surface area contributed by atoms with E-state index in [2.05, 4.69) is 31.3 Å². The fourth-order valence-electron chi connectivity index (χ4n) is 3.97. The molecule has 0 radical (unpaired) electrons. The van der Waals surface area contributed by atoms with E-state index in [1.54, 1.807) is 7.11 Å². The zero-order chi connectivity index (χ0) is 19.3. The van der Waals surface area contributed by atoms with Crippen molar-refractivity contribution in [3.05, 3.63) is 60.2 Å². The molecule has 4 heteroatoms. The first-order chi connectivity index (χ1) is 13.0. The van der Waals surface area contributed by atoms with E-state index in [-0.39, 0.29) is 17.4 Å². The van der Waals surface area contributed by atoms with Crippen LogP contribution in [0.2, 0.25) is 0 Å². The lowest BCUT2D eigenvalue weighted by molar-refractivity contribution is -0.118. The van der Waals surface area contributed by atoms with Crippen LogP contribution >= 0.6 is 0 Å². The zero-order valence-corrected chi connectivity index (χ0v) is 16.4. The van der Waals surface area contributed by atoms with Crippen molar-refractivity contribution in [2.24, 2.45) is 5.92 Å². The maximum atomic E-state index is 12.8. The lowest BCUT2D eigenvalue weighted by atomic mass is 9.75. The Kier molecular flexibility index (Phi) is 6.17. The van der Waals surface area contributed by atoms with Crippen molar-refractivity contribution in [3.63, 3.8) is 0 Å². The number of benzene rings is 2. The molecule has 0 bridgehead atoms. The molecule has 0 saturated carbocycles. The smallest absolute Gasteiger partial charge is 0.224 e. The largest absolute Gasteiger partial charge is 0.497 e. The molecule has 1 aliphatic heterocycles. The van der Waals surface area contributed by atoms with Gasteiger partial charge in [-0.25, -0.2) is 0 Å². The highest BCUT2D eigenvalue weighted by Crippen LogP contribution is 2.40. The van der Waals surface area contributed by atoms with Gasteiger partial charge in [0.15, 0.2) is 0 Å². The molecule has 1 N–H and O–H groups in total. The first-order valence-corrected chi connectivity index (χ1v) is 9.60. The number of carbonyl (C=O) groups excluding carboxylic acids is 1. The van der Waals surface area contributed by atoms with Gasteiger partial charge in [0.1, 0.15) is 5.75 Å². The highest BCUT2D eigenvalue weighted by Gasteiger charge is 2.35. The molecule has 3 rings (SSSR count). The van der Waals surface area contributed by atoms with E-state index in [0.29, 0.717) is 12.3 Å². The number of methoxy groups -OCH3 is 1. The molecule has 0 aliphatic carbocycles. The standard InChI is InChI=1S/C23H29NO3/c1-23(2)16-18(13-14-27-23)21(17-7-5-4-6-8-17)15-22(25)24-19-9-11-20(26-3)12-10-19/h4-12,18,21H,13-16H2,1-3H3,(H,24,25). The summed E-state index contributed by atoms with van der Waals surface area (Å²) in [5.41, 5.74) is 1.88. The van der Waals surface area contributed by atoms with Crippen LogP contribution in [-0.4, -0.2) is 25.2 Å². The molecule has 2 aromatic rings. The number of rotatable bonds is 6. The minimum atomic E-state index is -0.137. The molecule has 2 aromatic carbocycles. The summed E-state index contributed by atoms with van der Waals surface area (Å²) in [6.45, 7) is 5.03. The van der Waals surface area contributed by atoms with E-state index < -0.39 is 0 Å². The number of nitrogens with one attached hydrogen (secondary N) is 1. The van der Waals surface area contributed by atoms with Crippen LogP contribution in [0.1, 0.15) is 44.6 Å². The van der Waals surface area contributed by atoms with Crippen molar-refractivity contribution in [1.82, 2.24) is 0 Å². The third-order valence-electron chi connectivity index (χ3n) is 5.31. The van der Waals surface area contributed by atoms with Gasteiger partial charge in [0.2, 0.25) is 5.91 Å². The second kappa shape index (κ2) is 8.57. The van der Waals surface area contributed by atoms with Gasteiger partial charge in [-0.3, -0.25) is 4.79 Å². The van der Waals surface area contributed by atoms with Gasteiger partial charge in [-0.2, -0.15) is 0 Å². The second-order valence-electron chi connectivity index (χ2n) is 7.86. The number of anilines is 1. The predicted octanol–water partition coefficient (Wildman–Crippen LogP) is 5.01. The van der Waals surface area contributed by atoms with E-state index >= 15 is 0 Å². The topological polar surface area (TPSA) is 47.6 Å². The molecule has 27 heavy (non-hydrogen) atoms. The number of amides is 1. The molecule has 1 amide bonds. The highest BCUT2D eigenvalue weighted by molar-refractivity contribution is 5.91. The van der Waals surface area contributed by atoms with Gasteiger partial charge in [-0.05, 0) is 68.4 Å². The van der Waals surface area contributed by atoms with Gasteiger partial charge in [-0.1, -0.05) is 30.3 Å². The molecule has 1 heterocycles.